The van der Waals surface area contributed by atoms with Gasteiger partial charge in [0.25, 0.3) is 5.91 Å². The van der Waals surface area contributed by atoms with Crippen LogP contribution in [0.4, 0.5) is 0 Å². The zero-order valence-electron chi connectivity index (χ0n) is 9.92. The van der Waals surface area contributed by atoms with E-state index in [-0.39, 0.29) is 5.91 Å². The first kappa shape index (κ1) is 13.7. The molecule has 0 saturated heterocycles. The quantitative estimate of drug-likeness (QED) is 0.444. The molecule has 1 rings (SSSR count). The van der Waals surface area contributed by atoms with Crippen LogP contribution in [0.5, 0.6) is 0 Å². The molecule has 0 aliphatic rings. The van der Waals surface area contributed by atoms with Crippen molar-refractivity contribution >= 4 is 5.91 Å². The predicted octanol–water partition coefficient (Wildman–Crippen LogP) is 2.19. The molecule has 0 fully saturated rings. The predicted molar refractivity (Wildman–Crippen MR) is 63.6 cm³/mol. The van der Waals surface area contributed by atoms with Crippen LogP contribution in [0.3, 0.4) is 0 Å². The number of nitrogens with two attached hydrogens (primary N) is 1. The highest BCUT2D eigenvalue weighted by atomic mass is 16.2. The van der Waals surface area contributed by atoms with Crippen molar-refractivity contribution in [1.29, 1.82) is 0 Å². The van der Waals surface area contributed by atoms with Crippen LogP contribution in [0.2, 0.25) is 0 Å². The number of amides is 1. The second kappa shape index (κ2) is 7.01. The first-order valence-electron chi connectivity index (χ1n) is 5.29. The Hall–Kier alpha value is -1.35. The maximum atomic E-state index is 11.2. The van der Waals surface area contributed by atoms with Crippen LogP contribution in [0.25, 0.3) is 0 Å². The Kier molecular flexibility index (Phi) is 6.38. The van der Waals surface area contributed by atoms with Crippen molar-refractivity contribution in [2.75, 3.05) is 0 Å². The van der Waals surface area contributed by atoms with Gasteiger partial charge in [-0.1, -0.05) is 26.8 Å². The molecular formula is C12H20N2O. The van der Waals surface area contributed by atoms with Crippen LogP contribution in [-0.2, 0) is 6.42 Å². The lowest BCUT2D eigenvalue weighted by Crippen LogP contribution is -2.30. The van der Waals surface area contributed by atoms with Gasteiger partial charge in [0.15, 0.2) is 0 Å². The maximum Gasteiger partial charge on any atom is 0.265 e. The molecule has 15 heavy (non-hydrogen) atoms. The maximum absolute atomic E-state index is 11.2. The molecule has 0 heterocycles. The van der Waals surface area contributed by atoms with Crippen LogP contribution >= 0.6 is 0 Å². The summed E-state index contributed by atoms with van der Waals surface area (Å²) < 4.78 is 0. The highest BCUT2D eigenvalue weighted by molar-refractivity contribution is 5.93. The molecule has 84 valence electrons. The summed E-state index contributed by atoms with van der Waals surface area (Å²) in [4.78, 5) is 11.2. The van der Waals surface area contributed by atoms with E-state index in [1.165, 1.54) is 11.1 Å². The minimum absolute atomic E-state index is 0.241. The Balaban J connectivity index is 0.000000921. The van der Waals surface area contributed by atoms with E-state index in [4.69, 9.17) is 5.84 Å². The fourth-order valence-corrected chi connectivity index (χ4v) is 1.28. The van der Waals surface area contributed by atoms with Gasteiger partial charge in [0, 0.05) is 5.56 Å². The van der Waals surface area contributed by atoms with Gasteiger partial charge in [0.1, 0.15) is 0 Å². The molecule has 0 aliphatic heterocycles. The first-order valence-corrected chi connectivity index (χ1v) is 5.29. The molecule has 0 aliphatic carbocycles. The Morgan fingerprint density at radius 2 is 2.00 bits per heavy atom. The number of nitrogen functional groups attached to an aromatic ring is 1. The van der Waals surface area contributed by atoms with E-state index < -0.39 is 0 Å². The number of hydrogen-bond donors (Lipinski definition) is 2. The lowest BCUT2D eigenvalue weighted by Gasteiger charge is -2.05. The van der Waals surface area contributed by atoms with Crippen LogP contribution in [0.15, 0.2) is 18.2 Å². The SMILES string of the molecule is CC.CCc1cc(C(=O)NN)ccc1C. The summed E-state index contributed by atoms with van der Waals surface area (Å²) in [6.45, 7) is 8.09. The molecule has 0 saturated carbocycles. The molecule has 0 atom stereocenters. The summed E-state index contributed by atoms with van der Waals surface area (Å²) in [5.74, 6) is 4.79. The number of carbonyl (C=O) groups is 1. The lowest BCUT2D eigenvalue weighted by molar-refractivity contribution is 0.0953. The van der Waals surface area contributed by atoms with Crippen molar-refractivity contribution in [2.45, 2.75) is 34.1 Å². The zero-order chi connectivity index (χ0) is 11.8. The van der Waals surface area contributed by atoms with E-state index in [2.05, 4.69) is 12.3 Å². The molecule has 0 radical (unpaired) electrons. The van der Waals surface area contributed by atoms with Gasteiger partial charge < -0.3 is 0 Å². The molecule has 1 aromatic rings. The van der Waals surface area contributed by atoms with Gasteiger partial charge in [-0.2, -0.15) is 0 Å². The van der Waals surface area contributed by atoms with Crippen molar-refractivity contribution in [3.05, 3.63) is 34.9 Å². The van der Waals surface area contributed by atoms with E-state index >= 15 is 0 Å². The molecule has 0 unspecified atom stereocenters. The Bertz CT molecular complexity index is 321. The number of hydrogen-bond acceptors (Lipinski definition) is 2. The highest BCUT2D eigenvalue weighted by Gasteiger charge is 2.04. The fourth-order valence-electron chi connectivity index (χ4n) is 1.28. The summed E-state index contributed by atoms with van der Waals surface area (Å²) in [6, 6.07) is 5.58. The van der Waals surface area contributed by atoms with Gasteiger partial charge in [-0.15, -0.1) is 0 Å². The van der Waals surface area contributed by atoms with Crippen LogP contribution in [-0.4, -0.2) is 5.91 Å². The minimum Gasteiger partial charge on any atom is -0.290 e. The summed E-state index contributed by atoms with van der Waals surface area (Å²) in [5.41, 5.74) is 5.12. The van der Waals surface area contributed by atoms with Gasteiger partial charge >= 0.3 is 0 Å². The number of aryl methyl sites for hydroxylation is 2. The Labute approximate surface area is 91.6 Å². The number of rotatable bonds is 2. The molecule has 0 aromatic heterocycles. The van der Waals surface area contributed by atoms with E-state index in [0.29, 0.717) is 5.56 Å². The monoisotopic (exact) mass is 208 g/mol. The van der Waals surface area contributed by atoms with E-state index in [1.54, 1.807) is 6.07 Å². The lowest BCUT2D eigenvalue weighted by atomic mass is 10.0. The van der Waals surface area contributed by atoms with Crippen LogP contribution < -0.4 is 11.3 Å². The van der Waals surface area contributed by atoms with E-state index in [0.717, 1.165) is 6.42 Å². The molecule has 3 N–H and O–H groups in total. The molecule has 1 aromatic carbocycles. The number of benzene rings is 1. The van der Waals surface area contributed by atoms with Crippen LogP contribution in [0, 0.1) is 6.92 Å². The molecular weight excluding hydrogens is 188 g/mol. The van der Waals surface area contributed by atoms with Gasteiger partial charge in [-0.3, -0.25) is 10.2 Å². The fraction of sp³-hybridized carbons (Fsp3) is 0.417. The van der Waals surface area contributed by atoms with Crippen LogP contribution in [0.1, 0.15) is 42.3 Å². The zero-order valence-corrected chi connectivity index (χ0v) is 9.92. The first-order chi connectivity index (χ1) is 7.19. The van der Waals surface area contributed by atoms with Gasteiger partial charge in [0.2, 0.25) is 0 Å². The largest absolute Gasteiger partial charge is 0.290 e. The molecule has 0 spiro atoms. The van der Waals surface area contributed by atoms with Crippen molar-refractivity contribution in [3.8, 4) is 0 Å². The van der Waals surface area contributed by atoms with Crippen molar-refractivity contribution in [2.24, 2.45) is 5.84 Å². The average Bonchev–Trinajstić information content (AvgIpc) is 2.31. The topological polar surface area (TPSA) is 55.1 Å². The smallest absolute Gasteiger partial charge is 0.265 e. The summed E-state index contributed by atoms with van der Waals surface area (Å²) in [6.07, 6.45) is 0.928. The summed E-state index contributed by atoms with van der Waals surface area (Å²) >= 11 is 0. The molecule has 0 bridgehead atoms. The van der Waals surface area contributed by atoms with Gasteiger partial charge in [-0.25, -0.2) is 5.84 Å². The third-order valence-electron chi connectivity index (χ3n) is 2.12. The summed E-state index contributed by atoms with van der Waals surface area (Å²) in [5, 5.41) is 0. The molecule has 3 heteroatoms. The Morgan fingerprint density at radius 1 is 1.40 bits per heavy atom. The van der Waals surface area contributed by atoms with Gasteiger partial charge in [-0.05, 0) is 36.6 Å². The normalized spacial score (nSPS) is 8.87. The van der Waals surface area contributed by atoms with Gasteiger partial charge in [0.05, 0.1) is 0 Å². The van der Waals surface area contributed by atoms with Crippen molar-refractivity contribution < 1.29 is 4.79 Å². The molecule has 3 nitrogen and oxygen atoms in total. The summed E-state index contributed by atoms with van der Waals surface area (Å²) in [7, 11) is 0. The number of carbonyl (C=O) groups excluding carboxylic acids is 1. The number of hydrazine groups is 1. The van der Waals surface area contributed by atoms with E-state index in [9.17, 15) is 4.79 Å². The highest BCUT2D eigenvalue weighted by Crippen LogP contribution is 2.11. The Morgan fingerprint density at radius 3 is 2.47 bits per heavy atom. The standard InChI is InChI=1S/C10H14N2O.C2H6/c1-3-8-6-9(10(13)12-11)5-4-7(8)2;1-2/h4-6H,3,11H2,1-2H3,(H,12,13);1-2H3. The number of nitrogens with one attached hydrogen (secondary N) is 1. The van der Waals surface area contributed by atoms with E-state index in [1.807, 2.05) is 32.9 Å². The minimum atomic E-state index is -0.241. The van der Waals surface area contributed by atoms with Crippen molar-refractivity contribution in [3.63, 3.8) is 0 Å². The molecule has 1 amide bonds. The third kappa shape index (κ3) is 3.72. The van der Waals surface area contributed by atoms with Crippen molar-refractivity contribution in [1.82, 2.24) is 5.43 Å². The second-order valence-electron chi connectivity index (χ2n) is 2.97. The average molecular weight is 208 g/mol. The third-order valence-corrected chi connectivity index (χ3v) is 2.12. The second-order valence-corrected chi connectivity index (χ2v) is 2.97.